The molecule has 0 aromatic heterocycles. The highest BCUT2D eigenvalue weighted by molar-refractivity contribution is 7.89. The predicted molar refractivity (Wildman–Crippen MR) is 83.9 cm³/mol. The molecule has 1 aromatic carbocycles. The summed E-state index contributed by atoms with van der Waals surface area (Å²) in [6.45, 7) is 4.93. The first-order valence-electron chi connectivity index (χ1n) is 6.97. The predicted octanol–water partition coefficient (Wildman–Crippen LogP) is 2.32. The van der Waals surface area contributed by atoms with Crippen LogP contribution in [0.3, 0.4) is 0 Å². The van der Waals surface area contributed by atoms with E-state index in [4.69, 9.17) is 22.1 Å². The fourth-order valence-corrected chi connectivity index (χ4v) is 4.48. The van der Waals surface area contributed by atoms with E-state index in [0.717, 1.165) is 12.8 Å². The van der Waals surface area contributed by atoms with Gasteiger partial charge < -0.3 is 10.5 Å². The molecule has 0 aliphatic carbocycles. The number of hydrogen-bond donors (Lipinski definition) is 2. The van der Waals surface area contributed by atoms with Gasteiger partial charge >= 0.3 is 0 Å². The quantitative estimate of drug-likeness (QED) is 0.829. The van der Waals surface area contributed by atoms with Gasteiger partial charge in [-0.3, -0.25) is 0 Å². The molecule has 0 amide bonds. The average molecular weight is 333 g/mol. The highest BCUT2D eigenvalue weighted by Crippen LogP contribution is 2.27. The molecule has 1 unspecified atom stereocenters. The number of benzene rings is 1. The molecule has 0 saturated carbocycles. The van der Waals surface area contributed by atoms with E-state index in [2.05, 4.69) is 4.72 Å². The number of hydrogen-bond acceptors (Lipinski definition) is 4. The molecule has 21 heavy (non-hydrogen) atoms. The molecule has 3 N–H and O–H groups in total. The summed E-state index contributed by atoms with van der Waals surface area (Å²) in [5.41, 5.74) is 6.69. The zero-order chi connectivity index (χ0) is 15.6. The molecule has 0 radical (unpaired) electrons. The van der Waals surface area contributed by atoms with Crippen molar-refractivity contribution < 1.29 is 13.2 Å². The molecule has 1 aliphatic heterocycles. The Morgan fingerprint density at radius 2 is 2.00 bits per heavy atom. The lowest BCUT2D eigenvalue weighted by Crippen LogP contribution is -2.40. The first-order valence-corrected chi connectivity index (χ1v) is 8.83. The third-order valence-electron chi connectivity index (χ3n) is 3.97. The van der Waals surface area contributed by atoms with Gasteiger partial charge in [0.1, 0.15) is 0 Å². The van der Waals surface area contributed by atoms with Crippen molar-refractivity contribution in [3.8, 4) is 0 Å². The maximum Gasteiger partial charge on any atom is 0.241 e. The lowest BCUT2D eigenvalue weighted by atomic mass is 9.94. The summed E-state index contributed by atoms with van der Waals surface area (Å²) in [6.07, 6.45) is 1.72. The van der Waals surface area contributed by atoms with Gasteiger partial charge in [0.2, 0.25) is 10.0 Å². The molecule has 7 heteroatoms. The summed E-state index contributed by atoms with van der Waals surface area (Å²) in [7, 11) is -3.64. The van der Waals surface area contributed by atoms with Crippen molar-refractivity contribution in [1.82, 2.24) is 4.72 Å². The second-order valence-corrected chi connectivity index (χ2v) is 7.60. The van der Waals surface area contributed by atoms with Crippen molar-refractivity contribution in [3.63, 3.8) is 0 Å². The van der Waals surface area contributed by atoms with Crippen LogP contribution in [0.15, 0.2) is 17.0 Å². The zero-order valence-corrected chi connectivity index (χ0v) is 13.8. The fraction of sp³-hybridized carbons (Fsp3) is 0.571. The van der Waals surface area contributed by atoms with E-state index in [1.54, 1.807) is 13.0 Å². The molecule has 1 aromatic rings. The highest BCUT2D eigenvalue weighted by atomic mass is 35.5. The normalized spacial score (nSPS) is 18.6. The van der Waals surface area contributed by atoms with Gasteiger partial charge in [-0.25, -0.2) is 13.1 Å². The Labute approximate surface area is 130 Å². The van der Waals surface area contributed by atoms with Crippen molar-refractivity contribution >= 4 is 27.3 Å². The lowest BCUT2D eigenvalue weighted by molar-refractivity contribution is 0.0585. The van der Waals surface area contributed by atoms with Crippen molar-refractivity contribution in [2.75, 3.05) is 18.9 Å². The molecule has 5 nitrogen and oxygen atoms in total. The summed E-state index contributed by atoms with van der Waals surface area (Å²) in [5, 5.41) is 0.317. The summed E-state index contributed by atoms with van der Waals surface area (Å²) in [4.78, 5) is 0.145. The molecule has 1 heterocycles. The van der Waals surface area contributed by atoms with Crippen LogP contribution in [0.1, 0.15) is 25.3 Å². The molecule has 1 fully saturated rings. The van der Waals surface area contributed by atoms with E-state index in [1.807, 2.05) is 6.92 Å². The number of anilines is 1. The fourth-order valence-electron chi connectivity index (χ4n) is 2.57. The maximum absolute atomic E-state index is 12.6. The first-order chi connectivity index (χ1) is 9.81. The van der Waals surface area contributed by atoms with Gasteiger partial charge in [0.15, 0.2) is 0 Å². The lowest BCUT2D eigenvalue weighted by Gasteiger charge is -2.28. The monoisotopic (exact) mass is 332 g/mol. The number of rotatable bonds is 4. The SMILES string of the molecule is Cc1c(N)cc(Cl)cc1S(=O)(=O)NC(C)C1CCOCC1. The van der Waals surface area contributed by atoms with E-state index in [1.165, 1.54) is 6.07 Å². The van der Waals surface area contributed by atoms with E-state index in [-0.39, 0.29) is 16.9 Å². The summed E-state index contributed by atoms with van der Waals surface area (Å²) in [5.74, 6) is 0.283. The second kappa shape index (κ2) is 6.52. The van der Waals surface area contributed by atoms with Crippen LogP contribution in [-0.2, 0) is 14.8 Å². The molecule has 0 bridgehead atoms. The van der Waals surface area contributed by atoms with E-state index >= 15 is 0 Å². The van der Waals surface area contributed by atoms with Crippen LogP contribution in [0, 0.1) is 12.8 Å². The Morgan fingerprint density at radius 3 is 2.62 bits per heavy atom. The van der Waals surface area contributed by atoms with Gasteiger partial charge in [-0.2, -0.15) is 0 Å². The molecule has 2 rings (SSSR count). The van der Waals surface area contributed by atoms with Crippen LogP contribution in [0.5, 0.6) is 0 Å². The highest BCUT2D eigenvalue weighted by Gasteiger charge is 2.27. The minimum Gasteiger partial charge on any atom is -0.398 e. The van der Waals surface area contributed by atoms with Crippen LogP contribution in [0.2, 0.25) is 5.02 Å². The molecular formula is C14H21ClN2O3S. The Morgan fingerprint density at radius 1 is 1.38 bits per heavy atom. The average Bonchev–Trinajstić information content (AvgIpc) is 2.43. The minimum absolute atomic E-state index is 0.145. The van der Waals surface area contributed by atoms with Crippen LogP contribution in [0.25, 0.3) is 0 Å². The van der Waals surface area contributed by atoms with Crippen molar-refractivity contribution in [1.29, 1.82) is 0 Å². The minimum atomic E-state index is -3.64. The third-order valence-corrected chi connectivity index (χ3v) is 5.87. The first kappa shape index (κ1) is 16.5. The Kier molecular flexibility index (Phi) is 5.14. The van der Waals surface area contributed by atoms with Crippen molar-refractivity contribution in [2.45, 2.75) is 37.6 Å². The van der Waals surface area contributed by atoms with Crippen molar-refractivity contribution in [2.24, 2.45) is 5.92 Å². The summed E-state index contributed by atoms with van der Waals surface area (Å²) >= 11 is 5.92. The summed E-state index contributed by atoms with van der Waals surface area (Å²) < 4.78 is 33.2. The topological polar surface area (TPSA) is 81.4 Å². The van der Waals surface area contributed by atoms with Crippen LogP contribution in [0.4, 0.5) is 5.69 Å². The molecule has 1 aliphatic rings. The molecule has 1 saturated heterocycles. The van der Waals surface area contributed by atoms with Gasteiger partial charge in [0.25, 0.3) is 0 Å². The number of nitrogens with one attached hydrogen (secondary N) is 1. The Balaban J connectivity index is 2.22. The van der Waals surface area contributed by atoms with E-state index in [0.29, 0.717) is 29.5 Å². The number of ether oxygens (including phenoxy) is 1. The standard InChI is InChI=1S/C14H21ClN2O3S/c1-9-13(16)7-12(15)8-14(9)21(18,19)17-10(2)11-3-5-20-6-4-11/h7-8,10-11,17H,3-6,16H2,1-2H3. The van der Waals surface area contributed by atoms with Crippen LogP contribution >= 0.6 is 11.6 Å². The van der Waals surface area contributed by atoms with Gasteiger partial charge in [-0.15, -0.1) is 0 Å². The van der Waals surface area contributed by atoms with Crippen LogP contribution < -0.4 is 10.5 Å². The molecular weight excluding hydrogens is 312 g/mol. The molecule has 118 valence electrons. The van der Waals surface area contributed by atoms with Gasteiger partial charge in [0, 0.05) is 30.0 Å². The Hall–Kier alpha value is -0.820. The number of nitrogens with two attached hydrogens (primary N) is 1. The smallest absolute Gasteiger partial charge is 0.241 e. The molecule has 1 atom stereocenters. The molecule has 0 spiro atoms. The van der Waals surface area contributed by atoms with Crippen molar-refractivity contribution in [3.05, 3.63) is 22.7 Å². The second-order valence-electron chi connectivity index (χ2n) is 5.48. The van der Waals surface area contributed by atoms with E-state index in [9.17, 15) is 8.42 Å². The van der Waals surface area contributed by atoms with Crippen LogP contribution in [-0.4, -0.2) is 27.7 Å². The number of nitrogen functional groups attached to an aromatic ring is 1. The Bertz CT molecular complexity index is 613. The third kappa shape index (κ3) is 3.88. The zero-order valence-electron chi connectivity index (χ0n) is 12.2. The maximum atomic E-state index is 12.6. The summed E-state index contributed by atoms with van der Waals surface area (Å²) in [6, 6.07) is 2.84. The van der Waals surface area contributed by atoms with E-state index < -0.39 is 10.0 Å². The largest absolute Gasteiger partial charge is 0.398 e. The van der Waals surface area contributed by atoms with Gasteiger partial charge in [-0.1, -0.05) is 11.6 Å². The number of sulfonamides is 1. The number of halogens is 1. The van der Waals surface area contributed by atoms with Gasteiger partial charge in [-0.05, 0) is 50.3 Å². The van der Waals surface area contributed by atoms with Gasteiger partial charge in [0.05, 0.1) is 4.90 Å².